The Morgan fingerprint density at radius 1 is 1.27 bits per heavy atom. The van der Waals surface area contributed by atoms with Gasteiger partial charge in [-0.3, -0.25) is 9.36 Å². The Balaban J connectivity index is 1.77. The highest BCUT2D eigenvalue weighted by Crippen LogP contribution is 2.42. The van der Waals surface area contributed by atoms with E-state index in [4.69, 9.17) is 23.1 Å². The monoisotopic (exact) mass is 465 g/mol. The van der Waals surface area contributed by atoms with Gasteiger partial charge in [-0.2, -0.15) is 20.3 Å². The van der Waals surface area contributed by atoms with E-state index in [1.807, 2.05) is 13.0 Å². The van der Waals surface area contributed by atoms with Gasteiger partial charge in [-0.15, -0.1) is 0 Å². The molecule has 5 rings (SSSR count). The number of hydrogen-bond acceptors (Lipinski definition) is 8. The summed E-state index contributed by atoms with van der Waals surface area (Å²) in [5.41, 5.74) is 11.8. The minimum absolute atomic E-state index is 0.00384. The number of nitriles is 1. The number of nitrogens with two attached hydrogens (primary N) is 2. The summed E-state index contributed by atoms with van der Waals surface area (Å²) < 4.78 is 16.8. The molecule has 1 aromatic carbocycles. The molecule has 0 aliphatic carbocycles. The van der Waals surface area contributed by atoms with Crippen molar-refractivity contribution in [1.82, 2.24) is 24.1 Å². The maximum Gasteiger partial charge on any atom is 0.284 e. The summed E-state index contributed by atoms with van der Waals surface area (Å²) in [5, 5.41) is 14.5. The molecule has 4 N–H and O–H groups in total. The van der Waals surface area contributed by atoms with Crippen molar-refractivity contribution < 1.29 is 4.39 Å². The van der Waals surface area contributed by atoms with Crippen LogP contribution >= 0.6 is 11.6 Å². The van der Waals surface area contributed by atoms with Gasteiger partial charge in [0.15, 0.2) is 11.6 Å². The summed E-state index contributed by atoms with van der Waals surface area (Å²) in [6.07, 6.45) is 1.58. The summed E-state index contributed by atoms with van der Waals surface area (Å²) in [6.45, 7) is 2.47. The first-order valence-corrected chi connectivity index (χ1v) is 10.3. The quantitative estimate of drug-likeness (QED) is 0.469. The van der Waals surface area contributed by atoms with Gasteiger partial charge >= 0.3 is 0 Å². The minimum Gasteiger partial charge on any atom is -0.382 e. The smallest absolute Gasteiger partial charge is 0.284 e. The van der Waals surface area contributed by atoms with Crippen molar-refractivity contribution in [3.05, 3.63) is 69.1 Å². The van der Waals surface area contributed by atoms with Crippen LogP contribution in [0, 0.1) is 23.1 Å². The van der Waals surface area contributed by atoms with Gasteiger partial charge in [0, 0.05) is 18.7 Å². The summed E-state index contributed by atoms with van der Waals surface area (Å²) in [6, 6.07) is 8.73. The molecule has 33 heavy (non-hydrogen) atoms. The van der Waals surface area contributed by atoms with Crippen LogP contribution in [-0.4, -0.2) is 30.7 Å². The van der Waals surface area contributed by atoms with Gasteiger partial charge in [0.2, 0.25) is 5.95 Å². The zero-order chi connectivity index (χ0) is 23.4. The number of halogens is 2. The van der Waals surface area contributed by atoms with Crippen molar-refractivity contribution in [2.75, 3.05) is 22.9 Å². The second-order valence-electron chi connectivity index (χ2n) is 7.79. The normalized spacial score (nSPS) is 17.7. The van der Waals surface area contributed by atoms with E-state index in [2.05, 4.69) is 15.1 Å². The van der Waals surface area contributed by atoms with Crippen molar-refractivity contribution in [1.29, 1.82) is 5.26 Å². The molecule has 1 aliphatic rings. The third-order valence-electron chi connectivity index (χ3n) is 5.67. The van der Waals surface area contributed by atoms with Gasteiger partial charge in [-0.1, -0.05) is 24.6 Å². The maximum absolute atomic E-state index is 14.1. The molecule has 4 aromatic rings. The minimum atomic E-state index is -0.506. The Hall–Kier alpha value is -4.17. The first-order valence-electron chi connectivity index (χ1n) is 9.95. The van der Waals surface area contributed by atoms with Crippen LogP contribution in [0.5, 0.6) is 0 Å². The van der Waals surface area contributed by atoms with E-state index in [9.17, 15) is 14.4 Å². The molecule has 4 heterocycles. The molecule has 10 nitrogen and oxygen atoms in total. The van der Waals surface area contributed by atoms with E-state index >= 15 is 0 Å². The van der Waals surface area contributed by atoms with E-state index < -0.39 is 17.4 Å². The molecule has 0 radical (unpaired) electrons. The first-order chi connectivity index (χ1) is 15.8. The van der Waals surface area contributed by atoms with Gasteiger partial charge in [-0.25, -0.2) is 8.91 Å². The van der Waals surface area contributed by atoms with Crippen LogP contribution in [0.4, 0.5) is 22.0 Å². The molecule has 2 atom stereocenters. The Kier molecular flexibility index (Phi) is 4.68. The second kappa shape index (κ2) is 7.46. The Morgan fingerprint density at radius 3 is 2.76 bits per heavy atom. The van der Waals surface area contributed by atoms with Crippen molar-refractivity contribution in [3.8, 4) is 11.8 Å². The van der Waals surface area contributed by atoms with Crippen LogP contribution in [0.15, 0.2) is 41.3 Å². The number of nitrogen functional groups attached to an aromatic ring is 2. The number of anilines is 3. The molecule has 1 saturated heterocycles. The summed E-state index contributed by atoms with van der Waals surface area (Å²) in [7, 11) is 0. The topological polar surface area (TPSA) is 144 Å². The highest BCUT2D eigenvalue weighted by Gasteiger charge is 2.43. The standard InChI is InChI=1S/C21H17ClFN9O/c1-10-9-30(18-13(8-24)17(25)27-21(26)28-18)15(10)19-29-31-6-5-14(22)16(31)20(33)32(19)12-4-2-3-11(23)7-12/h2-7,10,15H,9H2,1H3,(H4,25,26,27,28)/t10-,15?/m0/s1. The zero-order valence-electron chi connectivity index (χ0n) is 17.3. The average Bonchev–Trinajstić information content (AvgIpc) is 3.12. The Bertz CT molecular complexity index is 1520. The third-order valence-corrected chi connectivity index (χ3v) is 5.98. The van der Waals surface area contributed by atoms with E-state index in [1.165, 1.54) is 27.3 Å². The lowest BCUT2D eigenvalue weighted by molar-refractivity contribution is 0.300. The van der Waals surface area contributed by atoms with Crippen molar-refractivity contribution >= 4 is 34.7 Å². The predicted molar refractivity (Wildman–Crippen MR) is 121 cm³/mol. The predicted octanol–water partition coefficient (Wildman–Crippen LogP) is 2.30. The van der Waals surface area contributed by atoms with Gasteiger partial charge in [0.1, 0.15) is 28.8 Å². The molecule has 0 amide bonds. The van der Waals surface area contributed by atoms with Crippen LogP contribution in [-0.2, 0) is 0 Å². The lowest BCUT2D eigenvalue weighted by Crippen LogP contribution is -2.52. The van der Waals surface area contributed by atoms with E-state index in [0.717, 1.165) is 0 Å². The molecule has 12 heteroatoms. The third kappa shape index (κ3) is 3.15. The molecule has 1 unspecified atom stereocenters. The lowest BCUT2D eigenvalue weighted by Gasteiger charge is -2.47. The van der Waals surface area contributed by atoms with Crippen LogP contribution < -0.4 is 21.9 Å². The first kappa shape index (κ1) is 20.7. The highest BCUT2D eigenvalue weighted by atomic mass is 35.5. The zero-order valence-corrected chi connectivity index (χ0v) is 18.0. The molecule has 0 saturated carbocycles. The molecule has 0 spiro atoms. The van der Waals surface area contributed by atoms with E-state index in [1.54, 1.807) is 23.2 Å². The average molecular weight is 466 g/mol. The molecular formula is C21H17ClFN9O. The van der Waals surface area contributed by atoms with Gasteiger partial charge in [0.05, 0.1) is 16.8 Å². The fourth-order valence-corrected chi connectivity index (χ4v) is 4.43. The number of benzene rings is 1. The molecule has 1 fully saturated rings. The molecule has 0 bridgehead atoms. The number of aromatic nitrogens is 5. The van der Waals surface area contributed by atoms with Crippen LogP contribution in [0.3, 0.4) is 0 Å². The number of nitrogens with zero attached hydrogens (tertiary/aromatic N) is 7. The fraction of sp³-hybridized carbons (Fsp3) is 0.190. The molecule has 1 aliphatic heterocycles. The Morgan fingerprint density at radius 2 is 2.06 bits per heavy atom. The van der Waals surface area contributed by atoms with Crippen LogP contribution in [0.25, 0.3) is 11.2 Å². The summed E-state index contributed by atoms with van der Waals surface area (Å²) in [5.74, 6) is -0.0538. The second-order valence-corrected chi connectivity index (χ2v) is 8.19. The molecule has 166 valence electrons. The van der Waals surface area contributed by atoms with E-state index in [0.29, 0.717) is 18.1 Å². The summed E-state index contributed by atoms with van der Waals surface area (Å²) >= 11 is 6.24. The van der Waals surface area contributed by atoms with Crippen molar-refractivity contribution in [2.45, 2.75) is 13.0 Å². The van der Waals surface area contributed by atoms with Crippen molar-refractivity contribution in [2.24, 2.45) is 5.92 Å². The van der Waals surface area contributed by atoms with Gasteiger partial charge in [0.25, 0.3) is 5.56 Å². The van der Waals surface area contributed by atoms with Crippen molar-refractivity contribution in [3.63, 3.8) is 0 Å². The van der Waals surface area contributed by atoms with E-state index in [-0.39, 0.29) is 39.6 Å². The largest absolute Gasteiger partial charge is 0.382 e. The van der Waals surface area contributed by atoms with Crippen LogP contribution in [0.2, 0.25) is 5.02 Å². The maximum atomic E-state index is 14.1. The number of rotatable bonds is 3. The van der Waals surface area contributed by atoms with Gasteiger partial charge in [-0.05, 0) is 24.3 Å². The lowest BCUT2D eigenvalue weighted by atomic mass is 9.88. The SMILES string of the molecule is C[C@H]1CN(c2nc(N)nc(N)c2C#N)C1c1nn2ccc(Cl)c2c(=O)n1-c1cccc(F)c1. The summed E-state index contributed by atoms with van der Waals surface area (Å²) in [4.78, 5) is 23.4. The molecule has 3 aromatic heterocycles. The number of fused-ring (bicyclic) bond motifs is 1. The van der Waals surface area contributed by atoms with Crippen LogP contribution in [0.1, 0.15) is 24.4 Å². The highest BCUT2D eigenvalue weighted by molar-refractivity contribution is 6.33. The fourth-order valence-electron chi connectivity index (χ4n) is 4.21. The number of hydrogen-bond donors (Lipinski definition) is 2. The van der Waals surface area contributed by atoms with Gasteiger partial charge < -0.3 is 16.4 Å². The Labute approximate surface area is 191 Å². The molecular weight excluding hydrogens is 449 g/mol.